The van der Waals surface area contributed by atoms with Crippen molar-refractivity contribution in [2.45, 2.75) is 24.9 Å². The summed E-state index contributed by atoms with van der Waals surface area (Å²) in [6.45, 7) is 0. The molecule has 2 aromatic carbocycles. The van der Waals surface area contributed by atoms with Gasteiger partial charge in [0.2, 0.25) is 5.91 Å². The smallest absolute Gasteiger partial charge is 0.326 e. The van der Waals surface area contributed by atoms with Crippen molar-refractivity contribution in [3.63, 3.8) is 0 Å². The maximum atomic E-state index is 12.3. The molecule has 4 N–H and O–H groups in total. The third-order valence-electron chi connectivity index (χ3n) is 4.14. The molecule has 7 nitrogen and oxygen atoms in total. The Morgan fingerprint density at radius 1 is 1.00 bits per heavy atom. The molecule has 0 aromatic heterocycles. The van der Waals surface area contributed by atoms with E-state index in [9.17, 15) is 14.7 Å². The molecule has 2 aromatic rings. The second kappa shape index (κ2) is 9.59. The quantitative estimate of drug-likeness (QED) is 0.613. The minimum Gasteiger partial charge on any atom is -0.493 e. The highest BCUT2D eigenvalue weighted by Crippen LogP contribution is 2.28. The summed E-state index contributed by atoms with van der Waals surface area (Å²) in [7, 11) is 3.02. The molecule has 144 valence electrons. The van der Waals surface area contributed by atoms with Crippen molar-refractivity contribution in [3.05, 3.63) is 59.7 Å². The van der Waals surface area contributed by atoms with Gasteiger partial charge in [-0.25, -0.2) is 4.79 Å². The summed E-state index contributed by atoms with van der Waals surface area (Å²) in [5.74, 6) is -0.606. The van der Waals surface area contributed by atoms with Crippen LogP contribution in [0.25, 0.3) is 0 Å². The number of nitrogens with two attached hydrogens (primary N) is 1. The van der Waals surface area contributed by atoms with Crippen LogP contribution in [0.1, 0.15) is 11.1 Å². The Morgan fingerprint density at radius 2 is 1.67 bits per heavy atom. The van der Waals surface area contributed by atoms with E-state index in [0.29, 0.717) is 23.5 Å². The van der Waals surface area contributed by atoms with Gasteiger partial charge in [-0.15, -0.1) is 0 Å². The van der Waals surface area contributed by atoms with E-state index in [1.54, 1.807) is 18.2 Å². The molecule has 27 heavy (non-hydrogen) atoms. The maximum absolute atomic E-state index is 12.3. The summed E-state index contributed by atoms with van der Waals surface area (Å²) in [4.78, 5) is 23.9. The first-order valence-electron chi connectivity index (χ1n) is 8.48. The number of hydrogen-bond donors (Lipinski definition) is 3. The van der Waals surface area contributed by atoms with E-state index in [4.69, 9.17) is 15.2 Å². The molecule has 2 atom stereocenters. The fourth-order valence-corrected chi connectivity index (χ4v) is 2.68. The second-order valence-electron chi connectivity index (χ2n) is 6.09. The number of carboxylic acid groups (broad SMARTS) is 1. The minimum absolute atomic E-state index is 0.0967. The van der Waals surface area contributed by atoms with E-state index >= 15 is 0 Å². The van der Waals surface area contributed by atoms with Crippen molar-refractivity contribution in [1.29, 1.82) is 0 Å². The molecule has 0 saturated carbocycles. The molecular weight excluding hydrogens is 348 g/mol. The summed E-state index contributed by atoms with van der Waals surface area (Å²) in [6, 6.07) is 12.5. The van der Waals surface area contributed by atoms with Crippen molar-refractivity contribution in [1.82, 2.24) is 5.32 Å². The van der Waals surface area contributed by atoms with Crippen LogP contribution in [0.5, 0.6) is 11.5 Å². The molecule has 1 amide bonds. The highest BCUT2D eigenvalue weighted by molar-refractivity contribution is 5.87. The predicted molar refractivity (Wildman–Crippen MR) is 101 cm³/mol. The van der Waals surface area contributed by atoms with Crippen molar-refractivity contribution in [2.75, 3.05) is 14.2 Å². The standard InChI is InChI=1S/C20H24N2O5/c1-26-17-9-8-14(12-18(17)27-2)11-16(20(24)25)22-19(23)15(21)10-13-6-4-3-5-7-13/h3-9,12,15-16H,10-11,21H2,1-2H3,(H,22,23)(H,24,25). The van der Waals surface area contributed by atoms with Gasteiger partial charge in [0.15, 0.2) is 11.5 Å². The normalized spacial score (nSPS) is 12.7. The van der Waals surface area contributed by atoms with Gasteiger partial charge in [0.25, 0.3) is 0 Å². The lowest BCUT2D eigenvalue weighted by atomic mass is 10.0. The first kappa shape index (κ1) is 20.3. The van der Waals surface area contributed by atoms with Crippen molar-refractivity contribution in [3.8, 4) is 11.5 Å². The summed E-state index contributed by atoms with van der Waals surface area (Å²) < 4.78 is 10.4. The highest BCUT2D eigenvalue weighted by atomic mass is 16.5. The van der Waals surface area contributed by atoms with Crippen molar-refractivity contribution < 1.29 is 24.2 Å². The van der Waals surface area contributed by atoms with Gasteiger partial charge >= 0.3 is 5.97 Å². The molecule has 0 aliphatic heterocycles. The van der Waals surface area contributed by atoms with Gasteiger partial charge < -0.3 is 25.6 Å². The largest absolute Gasteiger partial charge is 0.493 e. The molecule has 2 rings (SSSR count). The fourth-order valence-electron chi connectivity index (χ4n) is 2.68. The van der Waals surface area contributed by atoms with Crippen LogP contribution in [0.2, 0.25) is 0 Å². The number of aliphatic carboxylic acids is 1. The summed E-state index contributed by atoms with van der Waals surface area (Å²) in [5.41, 5.74) is 7.53. The Balaban J connectivity index is 2.04. The number of amides is 1. The zero-order chi connectivity index (χ0) is 19.8. The van der Waals surface area contributed by atoms with E-state index < -0.39 is 24.0 Å². The number of carboxylic acids is 1. The van der Waals surface area contributed by atoms with Crippen LogP contribution < -0.4 is 20.5 Å². The zero-order valence-corrected chi connectivity index (χ0v) is 15.3. The van der Waals surface area contributed by atoms with Gasteiger partial charge in [-0.05, 0) is 29.7 Å². The van der Waals surface area contributed by atoms with Gasteiger partial charge in [0.1, 0.15) is 6.04 Å². The Labute approximate surface area is 158 Å². The zero-order valence-electron chi connectivity index (χ0n) is 15.3. The molecule has 0 saturated heterocycles. The van der Waals surface area contributed by atoms with Crippen LogP contribution in [0, 0.1) is 0 Å². The van der Waals surface area contributed by atoms with Crippen LogP contribution in [-0.4, -0.2) is 43.3 Å². The number of methoxy groups -OCH3 is 2. The number of rotatable bonds is 9. The summed E-state index contributed by atoms with van der Waals surface area (Å²) in [5, 5.41) is 12.0. The molecule has 7 heteroatoms. The van der Waals surface area contributed by atoms with Crippen LogP contribution in [-0.2, 0) is 22.4 Å². The van der Waals surface area contributed by atoms with E-state index in [1.807, 2.05) is 30.3 Å². The molecule has 0 fully saturated rings. The molecular formula is C20H24N2O5. The maximum Gasteiger partial charge on any atom is 0.326 e. The fraction of sp³-hybridized carbons (Fsp3) is 0.300. The van der Waals surface area contributed by atoms with Gasteiger partial charge in [-0.2, -0.15) is 0 Å². The lowest BCUT2D eigenvalue weighted by Gasteiger charge is -2.18. The van der Waals surface area contributed by atoms with Crippen molar-refractivity contribution >= 4 is 11.9 Å². The monoisotopic (exact) mass is 372 g/mol. The average Bonchev–Trinajstić information content (AvgIpc) is 2.67. The Bertz CT molecular complexity index is 779. The highest BCUT2D eigenvalue weighted by Gasteiger charge is 2.24. The summed E-state index contributed by atoms with van der Waals surface area (Å²) in [6.07, 6.45) is 0.425. The van der Waals surface area contributed by atoms with Gasteiger partial charge in [0, 0.05) is 6.42 Å². The topological polar surface area (TPSA) is 111 Å². The Kier molecular flexibility index (Phi) is 7.19. The number of carbonyl (C=O) groups is 2. The number of ether oxygens (including phenoxy) is 2. The van der Waals surface area contributed by atoms with E-state index in [-0.39, 0.29) is 6.42 Å². The number of benzene rings is 2. The minimum atomic E-state index is -1.13. The molecule has 2 unspecified atom stereocenters. The van der Waals surface area contributed by atoms with Crippen molar-refractivity contribution in [2.24, 2.45) is 5.73 Å². The lowest BCUT2D eigenvalue weighted by Crippen LogP contribution is -2.50. The molecule has 0 spiro atoms. The first-order chi connectivity index (χ1) is 12.9. The molecule has 0 aliphatic rings. The Hall–Kier alpha value is -3.06. The van der Waals surface area contributed by atoms with Gasteiger partial charge in [0.05, 0.1) is 20.3 Å². The van der Waals surface area contributed by atoms with Crippen LogP contribution >= 0.6 is 0 Å². The number of carbonyl (C=O) groups excluding carboxylic acids is 1. The van der Waals surface area contributed by atoms with E-state index in [1.165, 1.54) is 14.2 Å². The number of nitrogens with one attached hydrogen (secondary N) is 1. The predicted octanol–water partition coefficient (Wildman–Crippen LogP) is 1.39. The lowest BCUT2D eigenvalue weighted by molar-refractivity contribution is -0.141. The van der Waals surface area contributed by atoms with Crippen LogP contribution in [0.3, 0.4) is 0 Å². The number of hydrogen-bond acceptors (Lipinski definition) is 5. The van der Waals surface area contributed by atoms with Gasteiger partial charge in [-0.1, -0.05) is 36.4 Å². The second-order valence-corrected chi connectivity index (χ2v) is 6.09. The van der Waals surface area contributed by atoms with E-state index in [0.717, 1.165) is 5.56 Å². The Morgan fingerprint density at radius 3 is 2.26 bits per heavy atom. The molecule has 0 bridgehead atoms. The van der Waals surface area contributed by atoms with Gasteiger partial charge in [-0.3, -0.25) is 4.79 Å². The molecule has 0 radical (unpaired) electrons. The molecule has 0 aliphatic carbocycles. The van der Waals surface area contributed by atoms with Crippen LogP contribution in [0.4, 0.5) is 0 Å². The average molecular weight is 372 g/mol. The third-order valence-corrected chi connectivity index (χ3v) is 4.14. The first-order valence-corrected chi connectivity index (χ1v) is 8.48. The van der Waals surface area contributed by atoms with Crippen LogP contribution in [0.15, 0.2) is 48.5 Å². The SMILES string of the molecule is COc1ccc(CC(NC(=O)C(N)Cc2ccccc2)C(=O)O)cc1OC. The molecule has 0 heterocycles. The third kappa shape index (κ3) is 5.72. The van der Waals surface area contributed by atoms with E-state index in [2.05, 4.69) is 5.32 Å². The summed E-state index contributed by atoms with van der Waals surface area (Å²) >= 11 is 0.